The summed E-state index contributed by atoms with van der Waals surface area (Å²) in [6.07, 6.45) is 5.07. The zero-order chi connectivity index (χ0) is 19.7. The number of benzene rings is 2. The number of allylic oxidation sites excluding steroid dienone is 2. The summed E-state index contributed by atoms with van der Waals surface area (Å²) >= 11 is 0. The van der Waals surface area contributed by atoms with Crippen molar-refractivity contribution in [3.05, 3.63) is 71.1 Å². The fraction of sp³-hybridized carbons (Fsp3) is 0.217. The van der Waals surface area contributed by atoms with Gasteiger partial charge in [0.05, 0.1) is 28.4 Å². The smallest absolute Gasteiger partial charge is 0.347 e. The molecule has 6 heteroatoms. The van der Waals surface area contributed by atoms with Crippen molar-refractivity contribution in [2.45, 2.75) is 6.42 Å². The number of imide groups is 1. The molecule has 142 valence electrons. The Balaban J connectivity index is 1.35. The van der Waals surface area contributed by atoms with Crippen LogP contribution in [-0.4, -0.2) is 16.8 Å². The van der Waals surface area contributed by atoms with Crippen molar-refractivity contribution in [1.82, 2.24) is 4.98 Å². The molecule has 1 aliphatic heterocycles. The van der Waals surface area contributed by atoms with E-state index in [1.54, 1.807) is 42.5 Å². The molecule has 2 aromatic carbocycles. The SMILES string of the molecule is O=C1C2C3C=CC(C3)C2C(=O)N1c1ccc(-c2nc3ccccc3c(=O)o2)cc1. The molecule has 0 N–H and O–H groups in total. The number of anilines is 1. The van der Waals surface area contributed by atoms with Gasteiger partial charge in [-0.1, -0.05) is 24.3 Å². The molecule has 6 nitrogen and oxygen atoms in total. The quantitative estimate of drug-likeness (QED) is 0.501. The summed E-state index contributed by atoms with van der Waals surface area (Å²) in [6.45, 7) is 0. The number of rotatable bonds is 2. The standard InChI is InChI=1S/C23H16N2O4/c26-21-18-13-5-6-14(11-13)19(18)22(27)25(21)15-9-7-12(8-10-15)20-24-17-4-2-1-3-16(17)23(28)29-20/h1-10,13-14,18-19H,11H2. The lowest BCUT2D eigenvalue weighted by molar-refractivity contribution is -0.123. The number of para-hydroxylation sites is 1. The van der Waals surface area contributed by atoms with E-state index in [9.17, 15) is 14.4 Å². The number of aromatic nitrogens is 1. The van der Waals surface area contributed by atoms with Crippen LogP contribution in [0, 0.1) is 23.7 Å². The van der Waals surface area contributed by atoms with E-state index in [2.05, 4.69) is 17.1 Å². The van der Waals surface area contributed by atoms with Gasteiger partial charge in [-0.3, -0.25) is 14.5 Å². The highest BCUT2D eigenvalue weighted by Crippen LogP contribution is 2.53. The van der Waals surface area contributed by atoms with Crippen molar-refractivity contribution in [3.63, 3.8) is 0 Å². The van der Waals surface area contributed by atoms with Crippen molar-refractivity contribution >= 4 is 28.4 Å². The maximum Gasteiger partial charge on any atom is 0.347 e. The van der Waals surface area contributed by atoms with Gasteiger partial charge in [0, 0.05) is 5.56 Å². The van der Waals surface area contributed by atoms with Crippen molar-refractivity contribution < 1.29 is 14.0 Å². The van der Waals surface area contributed by atoms with Crippen LogP contribution in [0.1, 0.15) is 6.42 Å². The molecule has 0 spiro atoms. The van der Waals surface area contributed by atoms with Gasteiger partial charge in [0.2, 0.25) is 17.7 Å². The molecular formula is C23H16N2O4. The molecule has 4 unspecified atom stereocenters. The van der Waals surface area contributed by atoms with E-state index in [0.717, 1.165) is 6.42 Å². The van der Waals surface area contributed by atoms with Crippen molar-refractivity contribution in [3.8, 4) is 11.5 Å². The maximum absolute atomic E-state index is 12.9. The highest BCUT2D eigenvalue weighted by atomic mass is 16.4. The van der Waals surface area contributed by atoms with Crippen LogP contribution in [0.25, 0.3) is 22.4 Å². The summed E-state index contributed by atoms with van der Waals surface area (Å²) in [5.74, 6) is -0.100. The average Bonchev–Trinajstić information content (AvgIpc) is 3.42. The van der Waals surface area contributed by atoms with Gasteiger partial charge >= 0.3 is 5.63 Å². The van der Waals surface area contributed by atoms with Crippen molar-refractivity contribution in [2.75, 3.05) is 4.90 Å². The predicted molar refractivity (Wildman–Crippen MR) is 106 cm³/mol. The highest BCUT2D eigenvalue weighted by molar-refractivity contribution is 6.22. The predicted octanol–water partition coefficient (Wildman–Crippen LogP) is 3.17. The Hall–Kier alpha value is -3.54. The third-order valence-corrected chi connectivity index (χ3v) is 6.38. The molecule has 3 aromatic rings. The zero-order valence-electron chi connectivity index (χ0n) is 15.3. The Bertz CT molecular complexity index is 1240. The van der Waals surface area contributed by atoms with Crippen LogP contribution >= 0.6 is 0 Å². The molecule has 4 atom stereocenters. The lowest BCUT2D eigenvalue weighted by Gasteiger charge is -2.17. The van der Waals surface area contributed by atoms with Crippen molar-refractivity contribution in [2.24, 2.45) is 23.7 Å². The second-order valence-corrected chi connectivity index (χ2v) is 7.88. The zero-order valence-corrected chi connectivity index (χ0v) is 15.3. The first-order chi connectivity index (χ1) is 14.1. The fourth-order valence-corrected chi connectivity index (χ4v) is 5.05. The van der Waals surface area contributed by atoms with Gasteiger partial charge in [0.15, 0.2) is 0 Å². The van der Waals surface area contributed by atoms with Gasteiger partial charge in [0.1, 0.15) is 0 Å². The third kappa shape index (κ3) is 2.23. The van der Waals surface area contributed by atoms with Gasteiger partial charge in [-0.2, -0.15) is 0 Å². The van der Waals surface area contributed by atoms with E-state index in [4.69, 9.17) is 4.42 Å². The molecule has 3 aliphatic rings. The van der Waals surface area contributed by atoms with Crippen LogP contribution in [0.3, 0.4) is 0 Å². The van der Waals surface area contributed by atoms with Crippen LogP contribution in [0.5, 0.6) is 0 Å². The monoisotopic (exact) mass is 384 g/mol. The van der Waals surface area contributed by atoms with Gasteiger partial charge in [-0.05, 0) is 54.7 Å². The molecule has 2 aliphatic carbocycles. The molecule has 0 radical (unpaired) electrons. The minimum absolute atomic E-state index is 0.111. The Kier molecular flexibility index (Phi) is 3.25. The second-order valence-electron chi connectivity index (χ2n) is 7.88. The third-order valence-electron chi connectivity index (χ3n) is 6.38. The van der Waals surface area contributed by atoms with Crippen LogP contribution in [0.4, 0.5) is 5.69 Å². The van der Waals surface area contributed by atoms with Gasteiger partial charge in [0.25, 0.3) is 0 Å². The lowest BCUT2D eigenvalue weighted by Crippen LogP contribution is -2.32. The largest absolute Gasteiger partial charge is 0.403 e. The number of carbonyl (C=O) groups excluding carboxylic acids is 2. The molecule has 2 fully saturated rings. The molecule has 1 aromatic heterocycles. The summed E-state index contributed by atoms with van der Waals surface area (Å²) in [6, 6.07) is 13.9. The normalized spacial score (nSPS) is 27.2. The van der Waals surface area contributed by atoms with E-state index >= 15 is 0 Å². The first-order valence-corrected chi connectivity index (χ1v) is 9.68. The molecular weight excluding hydrogens is 368 g/mol. The van der Waals surface area contributed by atoms with Gasteiger partial charge in [-0.15, -0.1) is 0 Å². The molecule has 6 rings (SSSR count). The minimum Gasteiger partial charge on any atom is -0.403 e. The van der Waals surface area contributed by atoms with Gasteiger partial charge < -0.3 is 4.42 Å². The summed E-state index contributed by atoms with van der Waals surface area (Å²) < 4.78 is 5.36. The Labute approximate surface area is 165 Å². The molecule has 1 saturated heterocycles. The summed E-state index contributed by atoms with van der Waals surface area (Å²) in [4.78, 5) is 43.8. The number of hydrogen-bond acceptors (Lipinski definition) is 5. The number of fused-ring (bicyclic) bond motifs is 6. The topological polar surface area (TPSA) is 80.5 Å². The maximum atomic E-state index is 12.9. The fourth-order valence-electron chi connectivity index (χ4n) is 5.05. The Morgan fingerprint density at radius 2 is 1.52 bits per heavy atom. The number of nitrogens with zero attached hydrogens (tertiary/aromatic N) is 2. The van der Waals surface area contributed by atoms with E-state index in [0.29, 0.717) is 22.2 Å². The number of amides is 2. The molecule has 1 saturated carbocycles. The van der Waals surface area contributed by atoms with E-state index in [1.165, 1.54) is 4.90 Å². The van der Waals surface area contributed by atoms with E-state index < -0.39 is 5.63 Å². The van der Waals surface area contributed by atoms with Gasteiger partial charge in [-0.25, -0.2) is 9.78 Å². The minimum atomic E-state index is -0.449. The molecule has 2 heterocycles. The van der Waals surface area contributed by atoms with Crippen LogP contribution in [0.15, 0.2) is 69.9 Å². The molecule has 29 heavy (non-hydrogen) atoms. The molecule has 2 amide bonds. The van der Waals surface area contributed by atoms with E-state index in [-0.39, 0.29) is 41.4 Å². The Morgan fingerprint density at radius 1 is 0.862 bits per heavy atom. The summed E-state index contributed by atoms with van der Waals surface area (Å²) in [5, 5.41) is 0.427. The Morgan fingerprint density at radius 3 is 2.21 bits per heavy atom. The average molecular weight is 384 g/mol. The first kappa shape index (κ1) is 16.4. The lowest BCUT2D eigenvalue weighted by atomic mass is 9.85. The van der Waals surface area contributed by atoms with Crippen LogP contribution in [0.2, 0.25) is 0 Å². The van der Waals surface area contributed by atoms with Crippen molar-refractivity contribution in [1.29, 1.82) is 0 Å². The van der Waals surface area contributed by atoms with E-state index in [1.807, 2.05) is 6.07 Å². The number of hydrogen-bond donors (Lipinski definition) is 0. The first-order valence-electron chi connectivity index (χ1n) is 9.68. The second kappa shape index (κ2) is 5.73. The molecule has 2 bridgehead atoms. The van der Waals surface area contributed by atoms with Crippen LogP contribution < -0.4 is 10.5 Å². The summed E-state index contributed by atoms with van der Waals surface area (Å²) in [7, 11) is 0. The highest BCUT2D eigenvalue weighted by Gasteiger charge is 2.59. The summed E-state index contributed by atoms with van der Waals surface area (Å²) in [5.41, 5.74) is 1.26. The van der Waals surface area contributed by atoms with Crippen LogP contribution in [-0.2, 0) is 9.59 Å². The number of carbonyl (C=O) groups is 2.